The highest BCUT2D eigenvalue weighted by Gasteiger charge is 2.20. The Morgan fingerprint density at radius 3 is 2.60 bits per heavy atom. The Morgan fingerprint density at radius 2 is 2.05 bits per heavy atom. The number of sulfonamides is 1. The van der Waals surface area contributed by atoms with Gasteiger partial charge >= 0.3 is 0 Å². The summed E-state index contributed by atoms with van der Waals surface area (Å²) in [5.41, 5.74) is 0. The molecule has 0 bridgehead atoms. The predicted octanol–water partition coefficient (Wildman–Crippen LogP) is 2.67. The summed E-state index contributed by atoms with van der Waals surface area (Å²) in [6, 6.07) is 3.95. The lowest BCUT2D eigenvalue weighted by Gasteiger charge is -2.14. The van der Waals surface area contributed by atoms with Crippen LogP contribution in [0.4, 0.5) is 0 Å². The molecular formula is C13H24N2O2S3. The van der Waals surface area contributed by atoms with Crippen molar-refractivity contribution >= 4 is 33.1 Å². The van der Waals surface area contributed by atoms with Crippen LogP contribution in [0.25, 0.3) is 0 Å². The molecule has 1 aromatic heterocycles. The zero-order valence-corrected chi connectivity index (χ0v) is 14.9. The summed E-state index contributed by atoms with van der Waals surface area (Å²) < 4.78 is 27.8. The summed E-state index contributed by atoms with van der Waals surface area (Å²) in [6.07, 6.45) is 2.78. The second kappa shape index (κ2) is 8.38. The summed E-state index contributed by atoms with van der Waals surface area (Å²) >= 11 is 2.99. The van der Waals surface area contributed by atoms with E-state index in [9.17, 15) is 8.42 Å². The largest absolute Gasteiger partial charge is 0.310 e. The second-order valence-electron chi connectivity index (χ2n) is 4.94. The van der Waals surface area contributed by atoms with E-state index in [1.54, 1.807) is 17.8 Å². The SMILES string of the molecule is CCC(CSC)NS(=O)(=O)c1ccc(CNC(C)C)s1. The van der Waals surface area contributed by atoms with Crippen LogP contribution in [0.15, 0.2) is 16.3 Å². The number of thioether (sulfide) groups is 1. The van der Waals surface area contributed by atoms with Crippen molar-refractivity contribution in [2.75, 3.05) is 12.0 Å². The Balaban J connectivity index is 2.72. The van der Waals surface area contributed by atoms with E-state index in [0.717, 1.165) is 17.1 Å². The summed E-state index contributed by atoms with van der Waals surface area (Å²) in [6.45, 7) is 6.85. The first kappa shape index (κ1) is 18.0. The van der Waals surface area contributed by atoms with Crippen LogP contribution < -0.4 is 10.0 Å². The molecule has 1 atom stereocenters. The van der Waals surface area contributed by atoms with Crippen molar-refractivity contribution in [3.05, 3.63) is 17.0 Å². The number of hydrogen-bond donors (Lipinski definition) is 2. The number of hydrogen-bond acceptors (Lipinski definition) is 5. The van der Waals surface area contributed by atoms with E-state index in [1.807, 2.05) is 19.2 Å². The van der Waals surface area contributed by atoms with Crippen LogP contribution in [0.2, 0.25) is 0 Å². The Kier molecular flexibility index (Phi) is 7.53. The van der Waals surface area contributed by atoms with E-state index < -0.39 is 10.0 Å². The molecule has 0 fully saturated rings. The van der Waals surface area contributed by atoms with Crippen LogP contribution in [0.3, 0.4) is 0 Å². The van der Waals surface area contributed by atoms with Gasteiger partial charge in [0.2, 0.25) is 10.0 Å². The van der Waals surface area contributed by atoms with E-state index in [0.29, 0.717) is 16.8 Å². The van der Waals surface area contributed by atoms with E-state index in [4.69, 9.17) is 0 Å². The summed E-state index contributed by atoms with van der Waals surface area (Å²) in [4.78, 5) is 1.04. The first-order chi connectivity index (χ1) is 9.39. The molecule has 0 aliphatic heterocycles. The molecule has 0 amide bonds. The third-order valence-electron chi connectivity index (χ3n) is 2.77. The van der Waals surface area contributed by atoms with Crippen molar-refractivity contribution in [3.8, 4) is 0 Å². The number of nitrogens with one attached hydrogen (secondary N) is 2. The highest BCUT2D eigenvalue weighted by atomic mass is 32.2. The molecule has 0 aromatic carbocycles. The Bertz CT molecular complexity index is 497. The van der Waals surface area contributed by atoms with E-state index in [1.165, 1.54) is 11.3 Å². The molecule has 0 spiro atoms. The van der Waals surface area contributed by atoms with Crippen LogP contribution in [0.5, 0.6) is 0 Å². The average Bonchev–Trinajstić information content (AvgIpc) is 2.85. The highest BCUT2D eigenvalue weighted by Crippen LogP contribution is 2.22. The minimum absolute atomic E-state index is 0.00524. The maximum absolute atomic E-state index is 12.3. The summed E-state index contributed by atoms with van der Waals surface area (Å²) in [7, 11) is -3.38. The molecule has 7 heteroatoms. The molecule has 116 valence electrons. The molecule has 1 heterocycles. The quantitative estimate of drug-likeness (QED) is 0.728. The topological polar surface area (TPSA) is 58.2 Å². The fourth-order valence-electron chi connectivity index (χ4n) is 1.62. The van der Waals surface area contributed by atoms with Gasteiger partial charge in [0.1, 0.15) is 4.21 Å². The second-order valence-corrected chi connectivity index (χ2v) is 8.96. The number of thiophene rings is 1. The maximum atomic E-state index is 12.3. The first-order valence-electron chi connectivity index (χ1n) is 6.72. The van der Waals surface area contributed by atoms with Gasteiger partial charge in [-0.2, -0.15) is 11.8 Å². The molecule has 1 aromatic rings. The minimum Gasteiger partial charge on any atom is -0.310 e. The van der Waals surface area contributed by atoms with Gasteiger partial charge in [-0.1, -0.05) is 20.8 Å². The monoisotopic (exact) mass is 336 g/mol. The molecule has 1 unspecified atom stereocenters. The van der Waals surface area contributed by atoms with Gasteiger partial charge in [-0.05, 0) is 24.8 Å². The van der Waals surface area contributed by atoms with E-state index >= 15 is 0 Å². The van der Waals surface area contributed by atoms with E-state index in [2.05, 4.69) is 23.9 Å². The van der Waals surface area contributed by atoms with Crippen molar-refractivity contribution in [1.82, 2.24) is 10.0 Å². The van der Waals surface area contributed by atoms with Gasteiger partial charge in [-0.15, -0.1) is 11.3 Å². The van der Waals surface area contributed by atoms with Crippen LogP contribution in [-0.2, 0) is 16.6 Å². The third kappa shape index (κ3) is 5.73. The molecule has 4 nitrogen and oxygen atoms in total. The minimum atomic E-state index is -3.38. The van der Waals surface area contributed by atoms with Crippen LogP contribution in [0.1, 0.15) is 32.1 Å². The summed E-state index contributed by atoms with van der Waals surface area (Å²) in [5.74, 6) is 0.795. The Labute approximate surface area is 130 Å². The molecule has 0 aliphatic carbocycles. The molecule has 0 saturated carbocycles. The third-order valence-corrected chi connectivity index (χ3v) is 6.60. The zero-order chi connectivity index (χ0) is 15.2. The van der Waals surface area contributed by atoms with Gasteiger partial charge in [0.15, 0.2) is 0 Å². The fraction of sp³-hybridized carbons (Fsp3) is 0.692. The maximum Gasteiger partial charge on any atom is 0.250 e. The van der Waals surface area contributed by atoms with Gasteiger partial charge in [-0.25, -0.2) is 13.1 Å². The lowest BCUT2D eigenvalue weighted by Crippen LogP contribution is -2.35. The van der Waals surface area contributed by atoms with Crippen LogP contribution in [0, 0.1) is 0 Å². The Morgan fingerprint density at radius 1 is 1.35 bits per heavy atom. The fourth-order valence-corrected chi connectivity index (χ4v) is 5.09. The predicted molar refractivity (Wildman–Crippen MR) is 89.1 cm³/mol. The van der Waals surface area contributed by atoms with Gasteiger partial charge in [0.05, 0.1) is 0 Å². The lowest BCUT2D eigenvalue weighted by molar-refractivity contribution is 0.560. The highest BCUT2D eigenvalue weighted by molar-refractivity contribution is 7.98. The van der Waals surface area contributed by atoms with Crippen LogP contribution in [-0.4, -0.2) is 32.5 Å². The van der Waals surface area contributed by atoms with Gasteiger partial charge in [0, 0.05) is 29.3 Å². The molecule has 0 aliphatic rings. The average molecular weight is 337 g/mol. The standard InChI is InChI=1S/C13H24N2O2S3/c1-5-11(9-18-4)15-20(16,17)13-7-6-12(19-13)8-14-10(2)3/h6-7,10-11,14-15H,5,8-9H2,1-4H3. The molecule has 2 N–H and O–H groups in total. The molecule has 1 rings (SSSR count). The van der Waals surface area contributed by atoms with Crippen molar-refractivity contribution in [2.45, 2.75) is 50.0 Å². The molecular weight excluding hydrogens is 312 g/mol. The normalized spacial score (nSPS) is 13.8. The summed E-state index contributed by atoms with van der Waals surface area (Å²) in [5, 5.41) is 3.29. The van der Waals surface area contributed by atoms with Crippen molar-refractivity contribution < 1.29 is 8.42 Å². The van der Waals surface area contributed by atoms with Crippen molar-refractivity contribution in [2.24, 2.45) is 0 Å². The number of rotatable bonds is 9. The van der Waals surface area contributed by atoms with Crippen molar-refractivity contribution in [1.29, 1.82) is 0 Å². The van der Waals surface area contributed by atoms with Crippen molar-refractivity contribution in [3.63, 3.8) is 0 Å². The zero-order valence-electron chi connectivity index (χ0n) is 12.5. The first-order valence-corrected chi connectivity index (χ1v) is 10.4. The van der Waals surface area contributed by atoms with Gasteiger partial charge < -0.3 is 5.32 Å². The van der Waals surface area contributed by atoms with Gasteiger partial charge in [-0.3, -0.25) is 0 Å². The van der Waals surface area contributed by atoms with Crippen LogP contribution >= 0.6 is 23.1 Å². The molecule has 20 heavy (non-hydrogen) atoms. The van der Waals surface area contributed by atoms with Gasteiger partial charge in [0.25, 0.3) is 0 Å². The lowest BCUT2D eigenvalue weighted by atomic mass is 10.3. The molecule has 0 saturated heterocycles. The molecule has 0 radical (unpaired) electrons. The smallest absolute Gasteiger partial charge is 0.250 e. The Hall–Kier alpha value is -0.0800. The van der Waals surface area contributed by atoms with E-state index in [-0.39, 0.29) is 6.04 Å².